The number of aromatic nitrogens is 1. The van der Waals surface area contributed by atoms with Crippen molar-refractivity contribution in [1.29, 1.82) is 0 Å². The fourth-order valence-corrected chi connectivity index (χ4v) is 3.45. The van der Waals surface area contributed by atoms with E-state index in [1.54, 1.807) is 19.2 Å². The third-order valence-corrected chi connectivity index (χ3v) is 5.13. The molecule has 2 heterocycles. The lowest BCUT2D eigenvalue weighted by atomic mass is 10.2. The van der Waals surface area contributed by atoms with Crippen molar-refractivity contribution in [3.63, 3.8) is 0 Å². The Bertz CT molecular complexity index is 1020. The van der Waals surface area contributed by atoms with Gasteiger partial charge in [0.15, 0.2) is 17.3 Å². The molecule has 0 radical (unpaired) electrons. The number of nitrogens with two attached hydrogens (primary N) is 1. The quantitative estimate of drug-likeness (QED) is 0.432. The highest BCUT2D eigenvalue weighted by molar-refractivity contribution is 5.82. The molecule has 1 aliphatic heterocycles. The molecule has 2 aromatic carbocycles. The van der Waals surface area contributed by atoms with E-state index >= 15 is 0 Å². The van der Waals surface area contributed by atoms with Crippen LogP contribution in [-0.4, -0.2) is 56.4 Å². The third-order valence-electron chi connectivity index (χ3n) is 5.13. The number of nitrogen functional groups attached to an aromatic ring is 1. The zero-order valence-electron chi connectivity index (χ0n) is 17.5. The number of rotatable bonds is 8. The Labute approximate surface area is 180 Å². The first-order valence-corrected chi connectivity index (χ1v) is 10.3. The first kappa shape index (κ1) is 21.1. The highest BCUT2D eigenvalue weighted by Crippen LogP contribution is 2.37. The van der Waals surface area contributed by atoms with Gasteiger partial charge in [-0.1, -0.05) is 6.07 Å². The Kier molecular flexibility index (Phi) is 6.69. The number of hydrogen-bond acceptors (Lipinski definition) is 7. The van der Waals surface area contributed by atoms with Gasteiger partial charge in [0.05, 0.1) is 38.1 Å². The van der Waals surface area contributed by atoms with Gasteiger partial charge in [-0.25, -0.2) is 9.37 Å². The number of morpholine rings is 1. The summed E-state index contributed by atoms with van der Waals surface area (Å²) in [7, 11) is 1.61. The Morgan fingerprint density at radius 1 is 1.16 bits per heavy atom. The number of methoxy groups -OCH3 is 1. The summed E-state index contributed by atoms with van der Waals surface area (Å²) >= 11 is 0. The first-order valence-electron chi connectivity index (χ1n) is 10.3. The van der Waals surface area contributed by atoms with Crippen LogP contribution in [-0.2, 0) is 4.74 Å². The molecule has 31 heavy (non-hydrogen) atoms. The predicted molar refractivity (Wildman–Crippen MR) is 117 cm³/mol. The molecule has 0 atom stereocenters. The molecular formula is C23H26FN3O4. The fourth-order valence-electron chi connectivity index (χ4n) is 3.45. The van der Waals surface area contributed by atoms with Crippen LogP contribution < -0.4 is 19.9 Å². The van der Waals surface area contributed by atoms with Crippen LogP contribution in [0.4, 0.5) is 10.1 Å². The van der Waals surface area contributed by atoms with E-state index in [0.29, 0.717) is 23.6 Å². The number of pyridine rings is 1. The molecule has 0 spiro atoms. The van der Waals surface area contributed by atoms with Gasteiger partial charge in [-0.05, 0) is 42.8 Å². The van der Waals surface area contributed by atoms with Crippen LogP contribution in [0.2, 0.25) is 0 Å². The van der Waals surface area contributed by atoms with Crippen LogP contribution >= 0.6 is 0 Å². The number of para-hydroxylation sites is 1. The monoisotopic (exact) mass is 427 g/mol. The van der Waals surface area contributed by atoms with E-state index in [2.05, 4.69) is 9.88 Å². The molecule has 0 unspecified atom stereocenters. The highest BCUT2D eigenvalue weighted by atomic mass is 19.1. The van der Waals surface area contributed by atoms with Gasteiger partial charge in [0.1, 0.15) is 5.75 Å². The molecule has 0 bridgehead atoms. The molecule has 7 nitrogen and oxygen atoms in total. The Morgan fingerprint density at radius 3 is 2.77 bits per heavy atom. The van der Waals surface area contributed by atoms with E-state index in [1.807, 2.05) is 18.2 Å². The molecule has 0 aliphatic carbocycles. The van der Waals surface area contributed by atoms with Crippen LogP contribution in [0.25, 0.3) is 10.9 Å². The summed E-state index contributed by atoms with van der Waals surface area (Å²) in [5, 5.41) is 0.830. The van der Waals surface area contributed by atoms with Gasteiger partial charge in [0.25, 0.3) is 5.88 Å². The lowest BCUT2D eigenvalue weighted by Gasteiger charge is -2.26. The number of hydrogen-bond donors (Lipinski definition) is 1. The number of ether oxygens (including phenoxy) is 4. The van der Waals surface area contributed by atoms with Crippen molar-refractivity contribution in [2.75, 3.05) is 52.3 Å². The van der Waals surface area contributed by atoms with Gasteiger partial charge >= 0.3 is 0 Å². The van der Waals surface area contributed by atoms with Crippen LogP contribution in [0, 0.1) is 5.82 Å². The largest absolute Gasteiger partial charge is 0.497 e. The molecule has 0 saturated carbocycles. The highest BCUT2D eigenvalue weighted by Gasteiger charge is 2.16. The molecule has 8 heteroatoms. The summed E-state index contributed by atoms with van der Waals surface area (Å²) in [6.07, 6.45) is 0.831. The SMILES string of the molecule is COc1ccc2nc(Oc3c(N)cccc3F)c(OCCCN3CCOCC3)cc2c1. The second-order valence-electron chi connectivity index (χ2n) is 7.27. The number of fused-ring (bicyclic) bond motifs is 1. The van der Waals surface area contributed by atoms with Crippen molar-refractivity contribution in [2.45, 2.75) is 6.42 Å². The van der Waals surface area contributed by atoms with Gasteiger partial charge in [0, 0.05) is 25.0 Å². The molecule has 1 aromatic heterocycles. The second-order valence-corrected chi connectivity index (χ2v) is 7.27. The van der Waals surface area contributed by atoms with E-state index in [0.717, 1.165) is 44.7 Å². The van der Waals surface area contributed by atoms with Crippen LogP contribution in [0.1, 0.15) is 6.42 Å². The molecule has 1 fully saturated rings. The molecule has 1 aliphatic rings. The van der Waals surface area contributed by atoms with E-state index in [1.165, 1.54) is 12.1 Å². The molecule has 0 amide bonds. The summed E-state index contributed by atoms with van der Waals surface area (Å²) in [6.45, 7) is 4.77. The van der Waals surface area contributed by atoms with Crippen molar-refractivity contribution in [3.8, 4) is 23.1 Å². The molecular weight excluding hydrogens is 401 g/mol. The van der Waals surface area contributed by atoms with E-state index in [9.17, 15) is 4.39 Å². The third kappa shape index (κ3) is 5.15. The summed E-state index contributed by atoms with van der Waals surface area (Å²) in [6, 6.07) is 11.7. The second kappa shape index (κ2) is 9.80. The summed E-state index contributed by atoms with van der Waals surface area (Å²) in [5.74, 6) is 0.668. The smallest absolute Gasteiger partial charge is 0.263 e. The van der Waals surface area contributed by atoms with Gasteiger partial charge < -0.3 is 24.7 Å². The van der Waals surface area contributed by atoms with Crippen molar-refractivity contribution in [2.24, 2.45) is 0 Å². The van der Waals surface area contributed by atoms with Crippen LogP contribution in [0.3, 0.4) is 0 Å². The van der Waals surface area contributed by atoms with Crippen molar-refractivity contribution < 1.29 is 23.3 Å². The maximum absolute atomic E-state index is 14.3. The van der Waals surface area contributed by atoms with E-state index in [-0.39, 0.29) is 17.3 Å². The minimum Gasteiger partial charge on any atom is -0.497 e. The zero-order valence-corrected chi connectivity index (χ0v) is 17.5. The lowest BCUT2D eigenvalue weighted by Crippen LogP contribution is -2.37. The fraction of sp³-hybridized carbons (Fsp3) is 0.348. The van der Waals surface area contributed by atoms with E-state index in [4.69, 9.17) is 24.7 Å². The lowest BCUT2D eigenvalue weighted by molar-refractivity contribution is 0.0357. The summed E-state index contributed by atoms with van der Waals surface area (Å²) in [4.78, 5) is 6.89. The van der Waals surface area contributed by atoms with Crippen molar-refractivity contribution in [3.05, 3.63) is 48.3 Å². The maximum atomic E-state index is 14.3. The minimum absolute atomic E-state index is 0.0685. The van der Waals surface area contributed by atoms with Gasteiger partial charge in [-0.2, -0.15) is 0 Å². The maximum Gasteiger partial charge on any atom is 0.263 e. The summed E-state index contributed by atoms with van der Waals surface area (Å²) in [5.41, 5.74) is 6.77. The van der Waals surface area contributed by atoms with Gasteiger partial charge in [-0.3, -0.25) is 4.90 Å². The number of benzene rings is 2. The molecule has 1 saturated heterocycles. The van der Waals surface area contributed by atoms with E-state index < -0.39 is 5.82 Å². The van der Waals surface area contributed by atoms with Crippen molar-refractivity contribution >= 4 is 16.6 Å². The van der Waals surface area contributed by atoms with Gasteiger partial charge in [0.2, 0.25) is 0 Å². The Balaban J connectivity index is 1.56. The summed E-state index contributed by atoms with van der Waals surface area (Å²) < 4.78 is 36.8. The molecule has 3 aromatic rings. The van der Waals surface area contributed by atoms with Crippen LogP contribution in [0.5, 0.6) is 23.1 Å². The Hall–Kier alpha value is -3.10. The van der Waals surface area contributed by atoms with Crippen LogP contribution in [0.15, 0.2) is 42.5 Å². The van der Waals surface area contributed by atoms with Gasteiger partial charge in [-0.15, -0.1) is 0 Å². The predicted octanol–water partition coefficient (Wildman–Crippen LogP) is 3.86. The normalized spacial score (nSPS) is 14.5. The number of anilines is 1. The first-order chi connectivity index (χ1) is 15.1. The molecule has 4 rings (SSSR count). The minimum atomic E-state index is -0.560. The van der Waals surface area contributed by atoms with Crippen molar-refractivity contribution in [1.82, 2.24) is 9.88 Å². The topological polar surface area (TPSA) is 79.1 Å². The molecule has 164 valence electrons. The average Bonchev–Trinajstić information content (AvgIpc) is 2.79. The zero-order chi connectivity index (χ0) is 21.6. The standard InChI is InChI=1S/C23H26FN3O4/c1-28-17-6-7-20-16(14-17)15-21(30-11-3-8-27-9-12-29-13-10-27)23(26-20)31-22-18(24)4-2-5-19(22)25/h2,4-7,14-15H,3,8-13,25H2,1H3. The average molecular weight is 427 g/mol. The molecule has 2 N–H and O–H groups in total. The Morgan fingerprint density at radius 2 is 2.00 bits per heavy atom. The number of nitrogens with zero attached hydrogens (tertiary/aromatic N) is 2. The number of halogens is 1.